The van der Waals surface area contributed by atoms with Gasteiger partial charge in [0, 0.05) is 31.2 Å². The third kappa shape index (κ3) is 3.47. The topological polar surface area (TPSA) is 41.4 Å². The molecule has 1 saturated heterocycles. The summed E-state index contributed by atoms with van der Waals surface area (Å²) >= 11 is 5.97. The first-order chi connectivity index (χ1) is 11.6. The molecule has 3 rings (SSSR count). The quantitative estimate of drug-likeness (QED) is 0.854. The molecule has 1 fully saturated rings. The van der Waals surface area contributed by atoms with Crippen molar-refractivity contribution in [1.82, 2.24) is 19.6 Å². The molecule has 0 aliphatic carbocycles. The first kappa shape index (κ1) is 17.0. The minimum Gasteiger partial charge on any atom is -0.336 e. The minimum atomic E-state index is 0.0896. The molecular formula is C18H23ClN4O. The van der Waals surface area contributed by atoms with Gasteiger partial charge in [-0.05, 0) is 37.7 Å². The van der Waals surface area contributed by atoms with Crippen molar-refractivity contribution in [3.05, 3.63) is 46.7 Å². The fourth-order valence-corrected chi connectivity index (χ4v) is 3.14. The van der Waals surface area contributed by atoms with E-state index in [1.165, 1.54) is 0 Å². The monoisotopic (exact) mass is 346 g/mol. The number of carbonyl (C=O) groups excluding carboxylic acids is 1. The largest absolute Gasteiger partial charge is 0.336 e. The summed E-state index contributed by atoms with van der Waals surface area (Å²) in [6.07, 6.45) is 3.49. The van der Waals surface area contributed by atoms with Crippen LogP contribution in [0.2, 0.25) is 5.02 Å². The summed E-state index contributed by atoms with van der Waals surface area (Å²) in [5.41, 5.74) is 2.63. The van der Waals surface area contributed by atoms with Crippen LogP contribution in [-0.4, -0.2) is 58.7 Å². The van der Waals surface area contributed by atoms with Crippen LogP contribution in [0.4, 0.5) is 0 Å². The second-order valence-corrected chi connectivity index (χ2v) is 6.68. The van der Waals surface area contributed by atoms with Crippen molar-refractivity contribution in [2.24, 2.45) is 0 Å². The van der Waals surface area contributed by atoms with Gasteiger partial charge in [0.05, 0.1) is 23.1 Å². The van der Waals surface area contributed by atoms with Gasteiger partial charge in [-0.2, -0.15) is 5.10 Å². The van der Waals surface area contributed by atoms with Gasteiger partial charge in [0.1, 0.15) is 0 Å². The summed E-state index contributed by atoms with van der Waals surface area (Å²) in [7, 11) is 2.09. The molecule has 24 heavy (non-hydrogen) atoms. The van der Waals surface area contributed by atoms with Crippen molar-refractivity contribution in [3.63, 3.8) is 0 Å². The first-order valence-electron chi connectivity index (χ1n) is 8.40. The molecule has 0 N–H and O–H groups in total. The summed E-state index contributed by atoms with van der Waals surface area (Å²) in [5.74, 6) is 0.0896. The molecule has 0 saturated carbocycles. The highest BCUT2D eigenvalue weighted by atomic mass is 35.5. The van der Waals surface area contributed by atoms with E-state index in [2.05, 4.69) is 24.0 Å². The predicted octanol–water partition coefficient (Wildman–Crippen LogP) is 2.87. The van der Waals surface area contributed by atoms with E-state index < -0.39 is 0 Å². The van der Waals surface area contributed by atoms with Crippen LogP contribution in [0.3, 0.4) is 0 Å². The zero-order valence-electron chi connectivity index (χ0n) is 14.2. The maximum Gasteiger partial charge on any atom is 0.257 e. The molecule has 128 valence electrons. The Morgan fingerprint density at radius 2 is 1.83 bits per heavy atom. The number of hydrogen-bond acceptors (Lipinski definition) is 3. The fourth-order valence-electron chi connectivity index (χ4n) is 3.01. The highest BCUT2D eigenvalue weighted by Crippen LogP contribution is 2.20. The lowest BCUT2D eigenvalue weighted by Gasteiger charge is -2.32. The number of carbonyl (C=O) groups is 1. The van der Waals surface area contributed by atoms with Gasteiger partial charge < -0.3 is 9.80 Å². The second-order valence-electron chi connectivity index (χ2n) is 6.24. The lowest BCUT2D eigenvalue weighted by atomic mass is 10.1. The molecule has 0 atom stereocenters. The number of benzene rings is 1. The van der Waals surface area contributed by atoms with Crippen LogP contribution in [0, 0.1) is 0 Å². The first-order valence-corrected chi connectivity index (χ1v) is 8.78. The van der Waals surface area contributed by atoms with Crippen LogP contribution in [0.5, 0.6) is 0 Å². The van der Waals surface area contributed by atoms with Crippen molar-refractivity contribution in [2.45, 2.75) is 19.8 Å². The zero-order chi connectivity index (χ0) is 17.1. The van der Waals surface area contributed by atoms with Crippen LogP contribution in [0.25, 0.3) is 5.69 Å². The molecule has 0 spiro atoms. The van der Waals surface area contributed by atoms with Crippen LogP contribution in [0.1, 0.15) is 29.4 Å². The summed E-state index contributed by atoms with van der Waals surface area (Å²) in [6, 6.07) is 7.55. The number of halogens is 1. The van der Waals surface area contributed by atoms with Gasteiger partial charge in [0.25, 0.3) is 5.91 Å². The normalized spacial score (nSPS) is 15.7. The van der Waals surface area contributed by atoms with Gasteiger partial charge in [-0.15, -0.1) is 0 Å². The van der Waals surface area contributed by atoms with Crippen molar-refractivity contribution in [3.8, 4) is 5.69 Å². The Morgan fingerprint density at radius 3 is 2.46 bits per heavy atom. The molecule has 0 radical (unpaired) electrons. The molecule has 2 heterocycles. The van der Waals surface area contributed by atoms with E-state index in [9.17, 15) is 4.79 Å². The average Bonchev–Trinajstić information content (AvgIpc) is 3.00. The van der Waals surface area contributed by atoms with Crippen LogP contribution < -0.4 is 0 Å². The summed E-state index contributed by atoms with van der Waals surface area (Å²) in [5, 5.41) is 5.17. The molecule has 1 aliphatic heterocycles. The van der Waals surface area contributed by atoms with Crippen LogP contribution >= 0.6 is 11.6 Å². The Labute approximate surface area is 147 Å². The van der Waals surface area contributed by atoms with Gasteiger partial charge in [0.2, 0.25) is 0 Å². The number of likely N-dealkylation sites (N-methyl/N-ethyl adjacent to an activating group) is 1. The van der Waals surface area contributed by atoms with Gasteiger partial charge in [-0.3, -0.25) is 4.79 Å². The Morgan fingerprint density at radius 1 is 1.17 bits per heavy atom. The highest BCUT2D eigenvalue weighted by molar-refractivity contribution is 6.30. The highest BCUT2D eigenvalue weighted by Gasteiger charge is 2.25. The molecule has 2 aromatic rings. The van der Waals surface area contributed by atoms with E-state index in [0.717, 1.165) is 56.0 Å². The molecule has 0 unspecified atom stereocenters. The number of hydrogen-bond donors (Lipinski definition) is 0. The number of aromatic nitrogens is 2. The third-order valence-electron chi connectivity index (χ3n) is 4.45. The van der Waals surface area contributed by atoms with Crippen LogP contribution in [0.15, 0.2) is 30.5 Å². The van der Waals surface area contributed by atoms with Crippen molar-refractivity contribution in [2.75, 3.05) is 33.2 Å². The SMILES string of the molecule is CCCc1c(C(=O)N2CCN(C)CC2)cnn1-c1ccc(Cl)cc1. The fraction of sp³-hybridized carbons (Fsp3) is 0.444. The number of nitrogens with zero attached hydrogens (tertiary/aromatic N) is 4. The summed E-state index contributed by atoms with van der Waals surface area (Å²) < 4.78 is 1.86. The lowest BCUT2D eigenvalue weighted by molar-refractivity contribution is 0.0663. The van der Waals surface area contributed by atoms with Gasteiger partial charge in [-0.25, -0.2) is 4.68 Å². The predicted molar refractivity (Wildman–Crippen MR) is 96.0 cm³/mol. The Bertz CT molecular complexity index is 702. The van der Waals surface area contributed by atoms with Crippen LogP contribution in [-0.2, 0) is 6.42 Å². The van der Waals surface area contributed by atoms with Crippen molar-refractivity contribution >= 4 is 17.5 Å². The number of amides is 1. The molecule has 6 heteroatoms. The molecule has 1 amide bonds. The molecule has 5 nitrogen and oxygen atoms in total. The Balaban J connectivity index is 1.91. The second kappa shape index (κ2) is 7.36. The number of piperazine rings is 1. The zero-order valence-corrected chi connectivity index (χ0v) is 15.0. The third-order valence-corrected chi connectivity index (χ3v) is 4.70. The van der Waals surface area contributed by atoms with E-state index in [1.807, 2.05) is 33.8 Å². The molecule has 0 bridgehead atoms. The van der Waals surface area contributed by atoms with Crippen molar-refractivity contribution in [1.29, 1.82) is 0 Å². The van der Waals surface area contributed by atoms with E-state index in [0.29, 0.717) is 5.02 Å². The maximum atomic E-state index is 12.9. The smallest absolute Gasteiger partial charge is 0.257 e. The summed E-state index contributed by atoms with van der Waals surface area (Å²) in [6.45, 7) is 5.49. The maximum absolute atomic E-state index is 12.9. The molecule has 1 aliphatic rings. The molecule has 1 aromatic carbocycles. The molecular weight excluding hydrogens is 324 g/mol. The minimum absolute atomic E-state index is 0.0896. The Kier molecular flexibility index (Phi) is 5.21. The van der Waals surface area contributed by atoms with E-state index in [1.54, 1.807) is 6.20 Å². The average molecular weight is 347 g/mol. The Hall–Kier alpha value is -1.85. The lowest BCUT2D eigenvalue weighted by Crippen LogP contribution is -2.47. The summed E-state index contributed by atoms with van der Waals surface area (Å²) in [4.78, 5) is 17.1. The van der Waals surface area contributed by atoms with E-state index >= 15 is 0 Å². The van der Waals surface area contributed by atoms with Gasteiger partial charge in [-0.1, -0.05) is 24.9 Å². The number of rotatable bonds is 4. The van der Waals surface area contributed by atoms with Crippen molar-refractivity contribution < 1.29 is 4.79 Å². The standard InChI is InChI=1S/C18H23ClN4O/c1-3-4-17-16(18(24)22-11-9-21(2)10-12-22)13-20-23(17)15-7-5-14(19)6-8-15/h5-8,13H,3-4,9-12H2,1-2H3. The van der Waals surface area contributed by atoms with Gasteiger partial charge >= 0.3 is 0 Å². The van der Waals surface area contributed by atoms with Gasteiger partial charge in [0.15, 0.2) is 0 Å². The van der Waals surface area contributed by atoms with E-state index in [4.69, 9.17) is 11.6 Å². The van der Waals surface area contributed by atoms with E-state index in [-0.39, 0.29) is 5.91 Å². The molecule has 1 aromatic heterocycles.